The van der Waals surface area contributed by atoms with Gasteiger partial charge in [0, 0.05) is 22.7 Å². The molecule has 2 aromatic rings. The zero-order chi connectivity index (χ0) is 16.3. The molecule has 2 rings (SSSR count). The molecule has 1 atom stereocenters. The summed E-state index contributed by atoms with van der Waals surface area (Å²) in [5.74, 6) is -0.319. The quantitative estimate of drug-likeness (QED) is 0.603. The molecule has 0 spiro atoms. The predicted molar refractivity (Wildman–Crippen MR) is 82.4 cm³/mol. The summed E-state index contributed by atoms with van der Waals surface area (Å²) in [4.78, 5) is 23.3. The maximum atomic E-state index is 13.3. The fourth-order valence-corrected chi connectivity index (χ4v) is 2.30. The van der Waals surface area contributed by atoms with Crippen molar-refractivity contribution in [3.8, 4) is 0 Å². The van der Waals surface area contributed by atoms with E-state index in [1.165, 1.54) is 12.1 Å². The molecular weight excluding hydrogens is 285 g/mol. The van der Waals surface area contributed by atoms with Crippen LogP contribution in [-0.2, 0) is 9.53 Å². The highest BCUT2D eigenvalue weighted by atomic mass is 19.1. The molecule has 118 valence electrons. The SMILES string of the molecule is CC(C)CCOC(=O)C(C)n1cc(C=O)c2cc(F)ccc21. The monoisotopic (exact) mass is 305 g/mol. The number of carbonyl (C=O) groups is 2. The second-order valence-electron chi connectivity index (χ2n) is 5.80. The second kappa shape index (κ2) is 6.73. The Morgan fingerprint density at radius 2 is 2.09 bits per heavy atom. The number of rotatable bonds is 6. The highest BCUT2D eigenvalue weighted by molar-refractivity contribution is 5.98. The van der Waals surface area contributed by atoms with Crippen LogP contribution in [0.15, 0.2) is 24.4 Å². The van der Waals surface area contributed by atoms with Gasteiger partial charge in [-0.15, -0.1) is 0 Å². The Bertz CT molecular complexity index is 691. The topological polar surface area (TPSA) is 48.3 Å². The molecule has 0 aliphatic carbocycles. The van der Waals surface area contributed by atoms with Gasteiger partial charge in [0.05, 0.1) is 6.61 Å². The van der Waals surface area contributed by atoms with E-state index in [0.29, 0.717) is 35.3 Å². The Morgan fingerprint density at radius 3 is 2.73 bits per heavy atom. The van der Waals surface area contributed by atoms with E-state index in [1.54, 1.807) is 23.8 Å². The lowest BCUT2D eigenvalue weighted by Gasteiger charge is -2.15. The number of carbonyl (C=O) groups excluding carboxylic acids is 2. The average Bonchev–Trinajstić information content (AvgIpc) is 2.83. The third-order valence-corrected chi connectivity index (χ3v) is 3.65. The Labute approximate surface area is 128 Å². The lowest BCUT2D eigenvalue weighted by molar-refractivity contribution is -0.147. The zero-order valence-electron chi connectivity index (χ0n) is 13.0. The number of esters is 1. The molecule has 0 fully saturated rings. The molecule has 1 heterocycles. The van der Waals surface area contributed by atoms with E-state index >= 15 is 0 Å². The van der Waals surface area contributed by atoms with Gasteiger partial charge in [-0.25, -0.2) is 9.18 Å². The van der Waals surface area contributed by atoms with Crippen molar-refractivity contribution < 1.29 is 18.7 Å². The molecule has 0 radical (unpaired) electrons. The van der Waals surface area contributed by atoms with Crippen molar-refractivity contribution in [2.45, 2.75) is 33.2 Å². The molecule has 1 aromatic heterocycles. The van der Waals surface area contributed by atoms with Gasteiger partial charge in [0.15, 0.2) is 6.29 Å². The normalized spacial score (nSPS) is 12.6. The minimum Gasteiger partial charge on any atom is -0.464 e. The van der Waals surface area contributed by atoms with Crippen molar-refractivity contribution in [2.24, 2.45) is 5.92 Å². The summed E-state index contributed by atoms with van der Waals surface area (Å²) in [6.07, 6.45) is 3.02. The van der Waals surface area contributed by atoms with E-state index in [-0.39, 0.29) is 5.97 Å². The summed E-state index contributed by atoms with van der Waals surface area (Å²) in [5, 5.41) is 0.497. The first-order valence-corrected chi connectivity index (χ1v) is 7.36. The molecule has 22 heavy (non-hydrogen) atoms. The molecule has 0 aliphatic heterocycles. The van der Waals surface area contributed by atoms with Gasteiger partial charge in [-0.2, -0.15) is 0 Å². The Hall–Kier alpha value is -2.17. The number of ether oxygens (including phenoxy) is 1. The van der Waals surface area contributed by atoms with Gasteiger partial charge in [-0.05, 0) is 37.5 Å². The van der Waals surface area contributed by atoms with E-state index in [2.05, 4.69) is 13.8 Å². The standard InChI is InChI=1S/C17H20FNO3/c1-11(2)6-7-22-17(21)12(3)19-9-13(10-20)15-8-14(18)4-5-16(15)19/h4-5,8-12H,6-7H2,1-3H3. The van der Waals surface area contributed by atoms with Crippen molar-refractivity contribution >= 4 is 23.2 Å². The van der Waals surface area contributed by atoms with Crippen LogP contribution in [-0.4, -0.2) is 23.4 Å². The van der Waals surface area contributed by atoms with Crippen LogP contribution in [0.1, 0.15) is 43.6 Å². The number of hydrogen-bond acceptors (Lipinski definition) is 3. The van der Waals surface area contributed by atoms with Crippen molar-refractivity contribution in [1.29, 1.82) is 0 Å². The third kappa shape index (κ3) is 3.35. The molecule has 0 saturated heterocycles. The van der Waals surface area contributed by atoms with Crippen molar-refractivity contribution in [1.82, 2.24) is 4.57 Å². The first-order valence-electron chi connectivity index (χ1n) is 7.36. The van der Waals surface area contributed by atoms with Gasteiger partial charge >= 0.3 is 5.97 Å². The van der Waals surface area contributed by atoms with Gasteiger partial charge in [0.25, 0.3) is 0 Å². The van der Waals surface area contributed by atoms with Crippen LogP contribution in [0.25, 0.3) is 10.9 Å². The lowest BCUT2D eigenvalue weighted by atomic mass is 10.1. The minimum absolute atomic E-state index is 0.358. The van der Waals surface area contributed by atoms with Crippen LogP contribution in [0.3, 0.4) is 0 Å². The second-order valence-corrected chi connectivity index (χ2v) is 5.80. The average molecular weight is 305 g/mol. The molecule has 0 aliphatic rings. The van der Waals surface area contributed by atoms with Gasteiger partial charge in [0.2, 0.25) is 0 Å². The molecule has 4 nitrogen and oxygen atoms in total. The van der Waals surface area contributed by atoms with Gasteiger partial charge in [-0.1, -0.05) is 13.8 Å². The summed E-state index contributed by atoms with van der Waals surface area (Å²) >= 11 is 0. The van der Waals surface area contributed by atoms with Gasteiger partial charge in [0.1, 0.15) is 11.9 Å². The van der Waals surface area contributed by atoms with E-state index < -0.39 is 11.9 Å². The van der Waals surface area contributed by atoms with Crippen LogP contribution in [0, 0.1) is 11.7 Å². The van der Waals surface area contributed by atoms with Crippen LogP contribution < -0.4 is 0 Å². The van der Waals surface area contributed by atoms with E-state index in [9.17, 15) is 14.0 Å². The van der Waals surface area contributed by atoms with Crippen molar-refractivity contribution in [2.75, 3.05) is 6.61 Å². The van der Waals surface area contributed by atoms with Crippen molar-refractivity contribution in [3.63, 3.8) is 0 Å². The third-order valence-electron chi connectivity index (χ3n) is 3.65. The number of benzene rings is 1. The van der Waals surface area contributed by atoms with E-state index in [1.807, 2.05) is 0 Å². The maximum Gasteiger partial charge on any atom is 0.328 e. The summed E-state index contributed by atoms with van der Waals surface area (Å²) in [5.41, 5.74) is 0.994. The zero-order valence-corrected chi connectivity index (χ0v) is 13.0. The highest BCUT2D eigenvalue weighted by Crippen LogP contribution is 2.25. The largest absolute Gasteiger partial charge is 0.464 e. The molecule has 0 amide bonds. The number of aldehydes is 1. The van der Waals surface area contributed by atoms with E-state index in [4.69, 9.17) is 4.74 Å². The fraction of sp³-hybridized carbons (Fsp3) is 0.412. The molecule has 0 saturated carbocycles. The predicted octanol–water partition coefficient (Wildman–Crippen LogP) is 3.74. The lowest BCUT2D eigenvalue weighted by Crippen LogP contribution is -2.19. The van der Waals surface area contributed by atoms with Gasteiger partial charge < -0.3 is 9.30 Å². The van der Waals surface area contributed by atoms with Crippen LogP contribution in [0.4, 0.5) is 4.39 Å². The number of aromatic nitrogens is 1. The molecule has 1 unspecified atom stereocenters. The number of fused-ring (bicyclic) bond motifs is 1. The van der Waals surface area contributed by atoms with Gasteiger partial charge in [-0.3, -0.25) is 4.79 Å². The van der Waals surface area contributed by atoms with Crippen molar-refractivity contribution in [3.05, 3.63) is 35.8 Å². The Morgan fingerprint density at radius 1 is 1.36 bits per heavy atom. The smallest absolute Gasteiger partial charge is 0.328 e. The summed E-state index contributed by atoms with van der Waals surface area (Å²) < 4.78 is 20.3. The number of halogens is 1. The summed E-state index contributed by atoms with van der Waals surface area (Å²) in [6, 6.07) is 3.60. The molecule has 1 aromatic carbocycles. The highest BCUT2D eigenvalue weighted by Gasteiger charge is 2.20. The van der Waals surface area contributed by atoms with Crippen LogP contribution >= 0.6 is 0 Å². The molecular formula is C17H20FNO3. The summed E-state index contributed by atoms with van der Waals surface area (Å²) in [6.45, 7) is 6.19. The minimum atomic E-state index is -0.575. The molecule has 0 N–H and O–H groups in total. The molecule has 0 bridgehead atoms. The van der Waals surface area contributed by atoms with E-state index in [0.717, 1.165) is 6.42 Å². The fourth-order valence-electron chi connectivity index (χ4n) is 2.30. The molecule has 5 heteroatoms. The van der Waals surface area contributed by atoms with Crippen LogP contribution in [0.5, 0.6) is 0 Å². The Kier molecular flexibility index (Phi) is 4.96. The Balaban J connectivity index is 2.26. The summed E-state index contributed by atoms with van der Waals surface area (Å²) in [7, 11) is 0. The maximum absolute atomic E-state index is 13.3. The first kappa shape index (κ1) is 16.2. The number of hydrogen-bond donors (Lipinski definition) is 0. The van der Waals surface area contributed by atoms with Crippen LogP contribution in [0.2, 0.25) is 0 Å². The first-order chi connectivity index (χ1) is 10.4. The number of nitrogens with zero attached hydrogens (tertiary/aromatic N) is 1.